The van der Waals surface area contributed by atoms with E-state index in [2.05, 4.69) is 10.3 Å². The number of hydrogen-bond donors (Lipinski definition) is 2. The average Bonchev–Trinajstić information content (AvgIpc) is 3.31. The molecule has 0 fully saturated rings. The maximum absolute atomic E-state index is 12.2. The Morgan fingerprint density at radius 1 is 0.974 bits per heavy atom. The summed E-state index contributed by atoms with van der Waals surface area (Å²) in [6, 6.07) is 24.0. The maximum atomic E-state index is 12.2. The van der Waals surface area contributed by atoms with E-state index in [0.717, 1.165) is 22.6 Å². The fourth-order valence-electron chi connectivity index (χ4n) is 3.64. The minimum atomic E-state index is -1.11. The van der Waals surface area contributed by atoms with Crippen LogP contribution in [0.1, 0.15) is 22.6 Å². The van der Waals surface area contributed by atoms with E-state index >= 15 is 0 Å². The highest BCUT2D eigenvalue weighted by atomic mass is 16.5. The average molecular weight is 517 g/mol. The van der Waals surface area contributed by atoms with Crippen LogP contribution >= 0.6 is 0 Å². The van der Waals surface area contributed by atoms with Gasteiger partial charge in [-0.15, -0.1) is 0 Å². The van der Waals surface area contributed by atoms with E-state index in [4.69, 9.17) is 23.7 Å². The summed E-state index contributed by atoms with van der Waals surface area (Å²) in [5.41, 5.74) is 3.11. The molecule has 38 heavy (non-hydrogen) atoms. The number of carbonyl (C=O) groups excluding carboxylic acids is 1. The van der Waals surface area contributed by atoms with Crippen LogP contribution in [0.3, 0.4) is 0 Å². The third-order valence-corrected chi connectivity index (χ3v) is 5.54. The molecule has 4 rings (SSSR count). The van der Waals surface area contributed by atoms with Gasteiger partial charge in [-0.3, -0.25) is 0 Å². The fourth-order valence-corrected chi connectivity index (χ4v) is 3.64. The zero-order chi connectivity index (χ0) is 26.7. The van der Waals surface area contributed by atoms with Gasteiger partial charge in [0, 0.05) is 24.1 Å². The molecule has 0 saturated carbocycles. The van der Waals surface area contributed by atoms with Gasteiger partial charge in [-0.25, -0.2) is 14.6 Å². The summed E-state index contributed by atoms with van der Waals surface area (Å²) in [6.07, 6.45) is -0.0844. The van der Waals surface area contributed by atoms with Crippen LogP contribution in [0.2, 0.25) is 0 Å². The molecule has 0 unspecified atom stereocenters. The zero-order valence-electron chi connectivity index (χ0n) is 20.9. The molecule has 0 saturated heterocycles. The molecule has 0 aliphatic rings. The minimum absolute atomic E-state index is 0.0581. The molecule has 196 valence electrons. The van der Waals surface area contributed by atoms with Gasteiger partial charge in [-0.05, 0) is 42.8 Å². The second-order valence-corrected chi connectivity index (χ2v) is 8.35. The van der Waals surface area contributed by atoms with Crippen molar-refractivity contribution in [2.75, 3.05) is 13.2 Å². The van der Waals surface area contributed by atoms with Crippen LogP contribution in [0.5, 0.6) is 11.5 Å². The molecule has 0 aliphatic heterocycles. The number of carbonyl (C=O) groups is 2. The lowest BCUT2D eigenvalue weighted by molar-refractivity contribution is -0.139. The molecule has 0 spiro atoms. The zero-order valence-corrected chi connectivity index (χ0v) is 20.9. The monoisotopic (exact) mass is 516 g/mol. The first-order chi connectivity index (χ1) is 18.5. The molecular weight excluding hydrogens is 488 g/mol. The van der Waals surface area contributed by atoms with Crippen molar-refractivity contribution in [2.24, 2.45) is 0 Å². The van der Waals surface area contributed by atoms with Crippen molar-refractivity contribution in [2.45, 2.75) is 26.5 Å². The van der Waals surface area contributed by atoms with Crippen LogP contribution in [0.15, 0.2) is 83.3 Å². The lowest BCUT2D eigenvalue weighted by Crippen LogP contribution is -2.24. The summed E-state index contributed by atoms with van der Waals surface area (Å²) in [5, 5.41) is 11.7. The van der Waals surface area contributed by atoms with Crippen LogP contribution in [0, 0.1) is 6.92 Å². The van der Waals surface area contributed by atoms with Crippen molar-refractivity contribution >= 4 is 12.1 Å². The van der Waals surface area contributed by atoms with Gasteiger partial charge in [0.25, 0.3) is 0 Å². The van der Waals surface area contributed by atoms with E-state index < -0.39 is 18.7 Å². The van der Waals surface area contributed by atoms with Crippen molar-refractivity contribution in [1.29, 1.82) is 0 Å². The highest BCUT2D eigenvalue weighted by molar-refractivity contribution is 5.69. The number of aromatic nitrogens is 1. The Labute approximate surface area is 220 Å². The normalized spacial score (nSPS) is 10.6. The number of aryl methyl sites for hydroxylation is 1. The molecule has 1 amide bonds. The van der Waals surface area contributed by atoms with E-state index in [-0.39, 0.29) is 13.2 Å². The fraction of sp³-hybridized carbons (Fsp3) is 0.207. The van der Waals surface area contributed by atoms with Crippen molar-refractivity contribution in [3.63, 3.8) is 0 Å². The number of alkyl carbamates (subject to hydrolysis) is 1. The third-order valence-electron chi connectivity index (χ3n) is 5.54. The van der Waals surface area contributed by atoms with E-state index in [1.807, 2.05) is 67.6 Å². The largest absolute Gasteiger partial charge is 0.493 e. The van der Waals surface area contributed by atoms with Gasteiger partial charge >= 0.3 is 12.1 Å². The topological polar surface area (TPSA) is 120 Å². The Kier molecular flexibility index (Phi) is 8.96. The summed E-state index contributed by atoms with van der Waals surface area (Å²) < 4.78 is 22.3. The molecule has 9 heteroatoms. The van der Waals surface area contributed by atoms with Gasteiger partial charge in [0.2, 0.25) is 5.89 Å². The Hall–Kier alpha value is -4.79. The van der Waals surface area contributed by atoms with E-state index in [1.54, 1.807) is 18.2 Å². The Morgan fingerprint density at radius 3 is 2.45 bits per heavy atom. The highest BCUT2D eigenvalue weighted by Crippen LogP contribution is 2.26. The van der Waals surface area contributed by atoms with E-state index in [0.29, 0.717) is 36.0 Å². The van der Waals surface area contributed by atoms with Gasteiger partial charge in [0.15, 0.2) is 6.61 Å². The summed E-state index contributed by atoms with van der Waals surface area (Å²) >= 11 is 0. The predicted octanol–water partition coefficient (Wildman–Crippen LogP) is 5.16. The lowest BCUT2D eigenvalue weighted by Gasteiger charge is -2.14. The number of hydrogen-bond acceptors (Lipinski definition) is 7. The number of carboxylic acid groups (broad SMARTS) is 1. The number of nitrogens with one attached hydrogen (secondary N) is 1. The van der Waals surface area contributed by atoms with Crippen LogP contribution < -0.4 is 14.8 Å². The summed E-state index contributed by atoms with van der Waals surface area (Å²) in [5.74, 6) is 1.04. The Morgan fingerprint density at radius 2 is 1.71 bits per heavy atom. The Balaban J connectivity index is 1.35. The summed E-state index contributed by atoms with van der Waals surface area (Å²) in [6.45, 7) is 1.88. The molecule has 0 bridgehead atoms. The van der Waals surface area contributed by atoms with E-state index in [9.17, 15) is 9.59 Å². The minimum Gasteiger partial charge on any atom is -0.493 e. The molecule has 1 heterocycles. The number of amides is 1. The SMILES string of the molecule is Cc1oc(-c2ccccc2)nc1CCOc1ccc(OCC(=O)O)c(CNC(=O)OCc2ccccc2)c1. The quantitative estimate of drug-likeness (QED) is 0.265. The van der Waals surface area contributed by atoms with Crippen molar-refractivity contribution in [3.8, 4) is 23.0 Å². The van der Waals surface area contributed by atoms with Crippen molar-refractivity contribution < 1.29 is 33.3 Å². The van der Waals surface area contributed by atoms with Crippen molar-refractivity contribution in [1.82, 2.24) is 10.3 Å². The first-order valence-corrected chi connectivity index (χ1v) is 12.0. The second kappa shape index (κ2) is 13.0. The van der Waals surface area contributed by atoms with Gasteiger partial charge in [0.1, 0.15) is 23.9 Å². The summed E-state index contributed by atoms with van der Waals surface area (Å²) in [7, 11) is 0. The first-order valence-electron chi connectivity index (χ1n) is 12.0. The third kappa shape index (κ3) is 7.60. The van der Waals surface area contributed by atoms with E-state index in [1.165, 1.54) is 0 Å². The molecule has 2 N–H and O–H groups in total. The number of ether oxygens (including phenoxy) is 3. The number of rotatable bonds is 12. The Bertz CT molecular complexity index is 1350. The van der Waals surface area contributed by atoms with Crippen LogP contribution in [-0.2, 0) is 29.1 Å². The smallest absolute Gasteiger partial charge is 0.407 e. The second-order valence-electron chi connectivity index (χ2n) is 8.35. The van der Waals surface area contributed by atoms with Crippen LogP contribution in [0.4, 0.5) is 4.79 Å². The lowest BCUT2D eigenvalue weighted by atomic mass is 10.2. The van der Waals surface area contributed by atoms with Crippen molar-refractivity contribution in [3.05, 3.63) is 101 Å². The number of oxazole rings is 1. The van der Waals surface area contributed by atoms with Crippen LogP contribution in [0.25, 0.3) is 11.5 Å². The van der Waals surface area contributed by atoms with Gasteiger partial charge < -0.3 is 29.1 Å². The summed E-state index contributed by atoms with van der Waals surface area (Å²) in [4.78, 5) is 27.8. The standard InChI is InChI=1S/C29H28N2O7/c1-20-25(31-28(38-20)22-10-6-3-7-11-22)14-15-35-24-12-13-26(36-19-27(32)33)23(16-24)17-30-29(34)37-18-21-8-4-2-5-9-21/h2-13,16H,14-15,17-19H2,1H3,(H,30,34)(H,32,33). The van der Waals surface area contributed by atoms with Crippen LogP contribution in [-0.4, -0.2) is 35.4 Å². The predicted molar refractivity (Wildman–Crippen MR) is 139 cm³/mol. The number of aliphatic carboxylic acids is 1. The van der Waals surface area contributed by atoms with Gasteiger partial charge in [-0.1, -0.05) is 48.5 Å². The maximum Gasteiger partial charge on any atom is 0.407 e. The van der Waals surface area contributed by atoms with Gasteiger partial charge in [0.05, 0.1) is 12.3 Å². The molecule has 3 aromatic carbocycles. The highest BCUT2D eigenvalue weighted by Gasteiger charge is 2.13. The van der Waals surface area contributed by atoms with Gasteiger partial charge in [-0.2, -0.15) is 0 Å². The molecule has 0 aliphatic carbocycles. The molecule has 4 aromatic rings. The number of benzene rings is 3. The molecule has 9 nitrogen and oxygen atoms in total. The first kappa shape index (κ1) is 26.3. The molecule has 0 atom stereocenters. The molecular formula is C29H28N2O7. The number of carboxylic acids is 1. The molecule has 0 radical (unpaired) electrons. The number of nitrogens with zero attached hydrogens (tertiary/aromatic N) is 1. The molecule has 1 aromatic heterocycles.